The molecule has 0 bridgehead atoms. The summed E-state index contributed by atoms with van der Waals surface area (Å²) in [6, 6.07) is 7.34. The van der Waals surface area contributed by atoms with E-state index in [1.807, 2.05) is 12.1 Å². The zero-order valence-electron chi connectivity index (χ0n) is 13.3. The maximum atomic E-state index is 9.20. The fourth-order valence-corrected chi connectivity index (χ4v) is 2.45. The van der Waals surface area contributed by atoms with E-state index in [1.165, 1.54) is 57.8 Å². The van der Waals surface area contributed by atoms with Crippen molar-refractivity contribution >= 4 is 6.08 Å². The molecule has 0 spiro atoms. The molecule has 2 heteroatoms. The van der Waals surface area contributed by atoms with Crippen LogP contribution in [0.25, 0.3) is 6.08 Å². The number of aromatic hydroxyl groups is 1. The Morgan fingerprint density at radius 2 is 1.29 bits per heavy atom. The number of phenols is 1. The number of hydrogen-bond donors (Lipinski definition) is 2. The Balaban J connectivity index is 1.89. The van der Waals surface area contributed by atoms with Gasteiger partial charge in [0.05, 0.1) is 0 Å². The van der Waals surface area contributed by atoms with E-state index < -0.39 is 0 Å². The predicted molar refractivity (Wildman–Crippen MR) is 92.4 cm³/mol. The zero-order chi connectivity index (χ0) is 15.2. The van der Waals surface area contributed by atoms with Crippen LogP contribution in [0.2, 0.25) is 0 Å². The number of rotatable bonds is 12. The molecular weight excluding hydrogens is 258 g/mol. The quantitative estimate of drug-likeness (QED) is 0.515. The molecule has 0 aliphatic carbocycles. The molecule has 0 radical (unpaired) electrons. The first kappa shape index (κ1) is 17.8. The molecule has 0 atom stereocenters. The van der Waals surface area contributed by atoms with E-state index in [0.29, 0.717) is 5.75 Å². The molecule has 0 saturated heterocycles. The third-order valence-electron chi connectivity index (χ3n) is 3.78. The summed E-state index contributed by atoms with van der Waals surface area (Å²) in [4.78, 5) is 0. The van der Waals surface area contributed by atoms with Gasteiger partial charge in [0.1, 0.15) is 5.75 Å². The second-order valence-corrected chi connectivity index (χ2v) is 5.75. The summed E-state index contributed by atoms with van der Waals surface area (Å²) in [5.41, 5.74) is 6.63. The van der Waals surface area contributed by atoms with E-state index in [4.69, 9.17) is 5.73 Å². The molecule has 0 fully saturated rings. The average Bonchev–Trinajstić information content (AvgIpc) is 2.50. The number of unbranched alkanes of at least 4 members (excludes halogenated alkanes) is 9. The molecule has 0 aromatic heterocycles. The Bertz CT molecular complexity index is 370. The van der Waals surface area contributed by atoms with Crippen molar-refractivity contribution in [3.8, 4) is 5.75 Å². The lowest BCUT2D eigenvalue weighted by molar-refractivity contribution is 0.475. The number of nitrogens with two attached hydrogens (primary N) is 1. The van der Waals surface area contributed by atoms with E-state index in [9.17, 15) is 5.11 Å². The number of benzene rings is 1. The molecular formula is C19H31NO. The lowest BCUT2D eigenvalue weighted by Gasteiger charge is -2.01. The van der Waals surface area contributed by atoms with Gasteiger partial charge in [0, 0.05) is 0 Å². The molecule has 1 aromatic carbocycles. The molecule has 0 amide bonds. The van der Waals surface area contributed by atoms with Gasteiger partial charge in [-0.1, -0.05) is 69.2 Å². The lowest BCUT2D eigenvalue weighted by Crippen LogP contribution is -1.97. The normalized spacial score (nSPS) is 11.3. The van der Waals surface area contributed by atoms with Crippen molar-refractivity contribution in [1.29, 1.82) is 0 Å². The molecule has 0 heterocycles. The van der Waals surface area contributed by atoms with E-state index in [1.54, 1.807) is 12.1 Å². The maximum Gasteiger partial charge on any atom is 0.115 e. The van der Waals surface area contributed by atoms with E-state index >= 15 is 0 Å². The first-order valence-electron chi connectivity index (χ1n) is 8.48. The Morgan fingerprint density at radius 1 is 0.762 bits per heavy atom. The Morgan fingerprint density at radius 3 is 1.86 bits per heavy atom. The molecule has 1 aromatic rings. The summed E-state index contributed by atoms with van der Waals surface area (Å²) in [6.07, 6.45) is 17.5. The lowest BCUT2D eigenvalue weighted by atomic mass is 10.1. The molecule has 0 unspecified atom stereocenters. The standard InChI is InChI=1S/C19H31NO/c20-17-11-9-7-5-3-1-2-4-6-8-10-12-18-13-15-19(21)16-14-18/h10,12-16,21H,1-9,11,17,20H2. The first-order valence-corrected chi connectivity index (χ1v) is 8.48. The summed E-state index contributed by atoms with van der Waals surface area (Å²) >= 11 is 0. The Kier molecular flexibility index (Phi) is 10.5. The molecule has 0 aliphatic rings. The zero-order valence-corrected chi connectivity index (χ0v) is 13.3. The fourth-order valence-electron chi connectivity index (χ4n) is 2.45. The summed E-state index contributed by atoms with van der Waals surface area (Å²) in [6.45, 7) is 0.845. The topological polar surface area (TPSA) is 46.2 Å². The first-order chi connectivity index (χ1) is 10.3. The number of phenolic OH excluding ortho intramolecular Hbond substituents is 1. The summed E-state index contributed by atoms with van der Waals surface area (Å²) in [5, 5.41) is 9.20. The smallest absolute Gasteiger partial charge is 0.115 e. The van der Waals surface area contributed by atoms with Crippen molar-refractivity contribution in [3.63, 3.8) is 0 Å². The van der Waals surface area contributed by atoms with Crippen LogP contribution in [-0.4, -0.2) is 11.7 Å². The minimum Gasteiger partial charge on any atom is -0.508 e. The molecule has 2 nitrogen and oxygen atoms in total. The van der Waals surface area contributed by atoms with Crippen LogP contribution in [0.5, 0.6) is 5.75 Å². The van der Waals surface area contributed by atoms with Crippen LogP contribution in [0, 0.1) is 0 Å². The minimum atomic E-state index is 0.329. The Labute approximate surface area is 130 Å². The monoisotopic (exact) mass is 289 g/mol. The highest BCUT2D eigenvalue weighted by Gasteiger charge is 1.92. The molecule has 118 valence electrons. The van der Waals surface area contributed by atoms with Gasteiger partial charge < -0.3 is 10.8 Å². The van der Waals surface area contributed by atoms with Crippen molar-refractivity contribution in [1.82, 2.24) is 0 Å². The van der Waals surface area contributed by atoms with Crippen LogP contribution in [0.3, 0.4) is 0 Å². The van der Waals surface area contributed by atoms with Gasteiger partial charge in [-0.05, 0) is 43.5 Å². The van der Waals surface area contributed by atoms with Crippen molar-refractivity contribution in [2.45, 2.75) is 64.2 Å². The van der Waals surface area contributed by atoms with Crippen LogP contribution < -0.4 is 5.73 Å². The van der Waals surface area contributed by atoms with E-state index in [2.05, 4.69) is 12.2 Å². The van der Waals surface area contributed by atoms with Crippen LogP contribution in [0.4, 0.5) is 0 Å². The van der Waals surface area contributed by atoms with Gasteiger partial charge >= 0.3 is 0 Å². The van der Waals surface area contributed by atoms with E-state index in [0.717, 1.165) is 18.5 Å². The highest BCUT2D eigenvalue weighted by atomic mass is 16.3. The van der Waals surface area contributed by atoms with Crippen LogP contribution in [0.1, 0.15) is 69.8 Å². The predicted octanol–water partition coefficient (Wildman–Crippen LogP) is 5.27. The van der Waals surface area contributed by atoms with Crippen LogP contribution in [-0.2, 0) is 0 Å². The fraction of sp³-hybridized carbons (Fsp3) is 0.579. The van der Waals surface area contributed by atoms with Crippen molar-refractivity contribution in [3.05, 3.63) is 35.9 Å². The van der Waals surface area contributed by atoms with Gasteiger partial charge in [0.15, 0.2) is 0 Å². The largest absolute Gasteiger partial charge is 0.508 e. The van der Waals surface area contributed by atoms with Crippen LogP contribution in [0.15, 0.2) is 30.3 Å². The third-order valence-corrected chi connectivity index (χ3v) is 3.78. The van der Waals surface area contributed by atoms with Gasteiger partial charge in [0.25, 0.3) is 0 Å². The third kappa shape index (κ3) is 10.1. The second-order valence-electron chi connectivity index (χ2n) is 5.75. The minimum absolute atomic E-state index is 0.329. The summed E-state index contributed by atoms with van der Waals surface area (Å²) in [7, 11) is 0. The number of allylic oxidation sites excluding steroid dienone is 1. The highest BCUT2D eigenvalue weighted by Crippen LogP contribution is 2.13. The van der Waals surface area contributed by atoms with Crippen molar-refractivity contribution in [2.75, 3.05) is 6.54 Å². The second kappa shape index (κ2) is 12.5. The molecule has 0 aliphatic heterocycles. The van der Waals surface area contributed by atoms with Crippen LogP contribution >= 0.6 is 0 Å². The summed E-state index contributed by atoms with van der Waals surface area (Å²) < 4.78 is 0. The van der Waals surface area contributed by atoms with Gasteiger partial charge in [-0.15, -0.1) is 0 Å². The molecule has 1 rings (SSSR count). The van der Waals surface area contributed by atoms with Gasteiger partial charge in [0.2, 0.25) is 0 Å². The van der Waals surface area contributed by atoms with Gasteiger partial charge in [-0.25, -0.2) is 0 Å². The molecule has 0 saturated carbocycles. The van der Waals surface area contributed by atoms with Crippen molar-refractivity contribution < 1.29 is 5.11 Å². The summed E-state index contributed by atoms with van der Waals surface area (Å²) in [5.74, 6) is 0.329. The van der Waals surface area contributed by atoms with Gasteiger partial charge in [-0.3, -0.25) is 0 Å². The number of hydrogen-bond acceptors (Lipinski definition) is 2. The Hall–Kier alpha value is -1.28. The van der Waals surface area contributed by atoms with Crippen molar-refractivity contribution in [2.24, 2.45) is 5.73 Å². The molecule has 21 heavy (non-hydrogen) atoms. The highest BCUT2D eigenvalue weighted by molar-refractivity contribution is 5.50. The maximum absolute atomic E-state index is 9.20. The molecule has 3 N–H and O–H groups in total. The SMILES string of the molecule is NCCCCCCCCCCCC=Cc1ccc(O)cc1. The average molecular weight is 289 g/mol. The van der Waals surface area contributed by atoms with E-state index in [-0.39, 0.29) is 0 Å². The van der Waals surface area contributed by atoms with Gasteiger partial charge in [-0.2, -0.15) is 0 Å².